The summed E-state index contributed by atoms with van der Waals surface area (Å²) in [5.41, 5.74) is 14.2. The van der Waals surface area contributed by atoms with Gasteiger partial charge in [-0.25, -0.2) is 0 Å². The maximum atomic E-state index is 11.1. The van der Waals surface area contributed by atoms with Gasteiger partial charge in [0, 0.05) is 4.91 Å². The molecule has 0 N–H and O–H groups in total. The zero-order valence-corrected chi connectivity index (χ0v) is 10.3. The number of fused-ring (bicyclic) bond motifs is 1. The topological polar surface area (TPSA) is 65.8 Å². The van der Waals surface area contributed by atoms with Gasteiger partial charge in [-0.1, -0.05) is 24.3 Å². The summed E-state index contributed by atoms with van der Waals surface area (Å²) in [5, 5.41) is 3.00. The van der Waals surface area contributed by atoms with Crippen LogP contribution >= 0.6 is 0 Å². The van der Waals surface area contributed by atoms with Crippen LogP contribution in [0.4, 0.5) is 0 Å². The molecule has 0 radical (unpaired) electrons. The van der Waals surface area contributed by atoms with Gasteiger partial charge < -0.3 is 0 Å². The molecule has 1 amide bonds. The lowest BCUT2D eigenvalue weighted by Gasteiger charge is -2.05. The minimum Gasteiger partial charge on any atom is -0.288 e. The number of benzene rings is 1. The number of amides is 1. The Morgan fingerprint density at radius 2 is 2.11 bits per heavy atom. The summed E-state index contributed by atoms with van der Waals surface area (Å²) in [6.45, 7) is 4.16. The third kappa shape index (κ3) is 2.34. The van der Waals surface area contributed by atoms with E-state index in [1.54, 1.807) is 6.08 Å². The minimum absolute atomic E-state index is 0.567. The Balaban J connectivity index is 2.25. The molecule has 1 aromatic carbocycles. The minimum atomic E-state index is -0.567. The Kier molecular flexibility index (Phi) is 3.31. The van der Waals surface area contributed by atoms with Crippen molar-refractivity contribution in [3.63, 3.8) is 0 Å². The molecular formula is C14H13N3O. The van der Waals surface area contributed by atoms with Gasteiger partial charge in [-0.2, -0.15) is 0 Å². The molecule has 0 heterocycles. The van der Waals surface area contributed by atoms with Gasteiger partial charge >= 0.3 is 0 Å². The number of carbonyl (C=O) groups is 1. The highest BCUT2D eigenvalue weighted by Gasteiger charge is 2.14. The van der Waals surface area contributed by atoms with Crippen molar-refractivity contribution in [3.8, 4) is 0 Å². The van der Waals surface area contributed by atoms with Gasteiger partial charge in [0.25, 0.3) is 0 Å². The lowest BCUT2D eigenvalue weighted by molar-refractivity contribution is -0.113. The Labute approximate surface area is 105 Å². The molecule has 0 saturated heterocycles. The van der Waals surface area contributed by atoms with Crippen molar-refractivity contribution in [3.05, 3.63) is 62.6 Å². The average molecular weight is 239 g/mol. The van der Waals surface area contributed by atoms with Crippen LogP contribution in [-0.4, -0.2) is 5.91 Å². The fraction of sp³-hybridized carbons (Fsp3) is 0.214. The molecule has 0 spiro atoms. The molecular weight excluding hydrogens is 226 g/mol. The van der Waals surface area contributed by atoms with Crippen molar-refractivity contribution in [1.29, 1.82) is 0 Å². The van der Waals surface area contributed by atoms with Gasteiger partial charge in [0.05, 0.1) is 0 Å². The first-order valence-corrected chi connectivity index (χ1v) is 5.68. The quantitative estimate of drug-likeness (QED) is 0.336. The van der Waals surface area contributed by atoms with E-state index in [0.717, 1.165) is 12.0 Å². The van der Waals surface area contributed by atoms with E-state index >= 15 is 0 Å². The van der Waals surface area contributed by atoms with Crippen LogP contribution in [0.3, 0.4) is 0 Å². The van der Waals surface area contributed by atoms with E-state index < -0.39 is 5.91 Å². The second-order valence-corrected chi connectivity index (χ2v) is 4.35. The molecule has 90 valence electrons. The van der Waals surface area contributed by atoms with Crippen LogP contribution in [0.5, 0.6) is 0 Å². The number of aryl methyl sites for hydroxylation is 2. The first-order valence-electron chi connectivity index (χ1n) is 5.68. The predicted molar refractivity (Wildman–Crippen MR) is 70.9 cm³/mol. The third-order valence-electron chi connectivity index (χ3n) is 3.10. The second kappa shape index (κ2) is 4.90. The summed E-state index contributed by atoms with van der Waals surface area (Å²) in [5.74, 6) is -0.567. The number of hydrogen-bond acceptors (Lipinski definition) is 1. The van der Waals surface area contributed by atoms with Crippen molar-refractivity contribution >= 4 is 12.0 Å². The van der Waals surface area contributed by atoms with Gasteiger partial charge in [-0.15, -0.1) is 0 Å². The van der Waals surface area contributed by atoms with E-state index in [0.29, 0.717) is 0 Å². The normalized spacial score (nSPS) is 13.1. The van der Waals surface area contributed by atoms with Crippen LogP contribution in [0.2, 0.25) is 0 Å². The number of carbonyl (C=O) groups excluding carboxylic acids is 1. The number of azide groups is 1. The van der Waals surface area contributed by atoms with Crippen LogP contribution in [0.1, 0.15) is 22.3 Å². The summed E-state index contributed by atoms with van der Waals surface area (Å²) >= 11 is 0. The zero-order chi connectivity index (χ0) is 13.1. The Hall–Kier alpha value is -2.32. The van der Waals surface area contributed by atoms with Gasteiger partial charge in [0.1, 0.15) is 0 Å². The van der Waals surface area contributed by atoms with Gasteiger partial charge in [0.15, 0.2) is 0 Å². The highest BCUT2D eigenvalue weighted by molar-refractivity contribution is 5.89. The molecule has 0 atom stereocenters. The molecule has 1 aliphatic rings. The highest BCUT2D eigenvalue weighted by Crippen LogP contribution is 2.30. The molecule has 4 nitrogen and oxygen atoms in total. The predicted octanol–water partition coefficient (Wildman–Crippen LogP) is 3.64. The van der Waals surface area contributed by atoms with Crippen LogP contribution in [0.25, 0.3) is 16.5 Å². The van der Waals surface area contributed by atoms with E-state index in [-0.39, 0.29) is 0 Å². The molecule has 2 rings (SSSR count). The van der Waals surface area contributed by atoms with E-state index in [1.807, 2.05) is 0 Å². The van der Waals surface area contributed by atoms with Crippen LogP contribution in [0.15, 0.2) is 35.0 Å². The summed E-state index contributed by atoms with van der Waals surface area (Å²) in [7, 11) is 0. The molecule has 18 heavy (non-hydrogen) atoms. The van der Waals surface area contributed by atoms with Crippen molar-refractivity contribution in [2.75, 3.05) is 0 Å². The standard InChI is InChI=1S/C14H13N3O/c1-9-3-4-10(2)13-8-11(7-12(9)13)5-6-14(18)16-17-15/h3-7H,8H2,1-2H3/b6-5-. The number of allylic oxidation sites excluding steroid dienone is 2. The smallest absolute Gasteiger partial charge is 0.241 e. The first-order chi connectivity index (χ1) is 8.61. The number of rotatable bonds is 2. The van der Waals surface area contributed by atoms with Crippen molar-refractivity contribution in [2.45, 2.75) is 20.3 Å². The molecule has 0 aromatic heterocycles. The molecule has 0 aliphatic heterocycles. The molecule has 0 bridgehead atoms. The first kappa shape index (κ1) is 12.1. The lowest BCUT2D eigenvalue weighted by atomic mass is 9.99. The molecule has 1 aromatic rings. The van der Waals surface area contributed by atoms with Crippen molar-refractivity contribution in [2.24, 2.45) is 5.11 Å². The molecule has 0 unspecified atom stereocenters. The Morgan fingerprint density at radius 3 is 2.78 bits per heavy atom. The second-order valence-electron chi connectivity index (χ2n) is 4.35. The lowest BCUT2D eigenvalue weighted by Crippen LogP contribution is -1.91. The van der Waals surface area contributed by atoms with Crippen molar-refractivity contribution < 1.29 is 4.79 Å². The summed E-state index contributed by atoms with van der Waals surface area (Å²) < 4.78 is 0. The zero-order valence-electron chi connectivity index (χ0n) is 10.3. The maximum absolute atomic E-state index is 11.1. The van der Waals surface area contributed by atoms with E-state index in [1.165, 1.54) is 28.3 Å². The fourth-order valence-electron chi connectivity index (χ4n) is 2.13. The Morgan fingerprint density at radius 1 is 1.39 bits per heavy atom. The number of nitrogens with zero attached hydrogens (tertiary/aromatic N) is 3. The van der Waals surface area contributed by atoms with E-state index in [9.17, 15) is 4.79 Å². The summed E-state index contributed by atoms with van der Waals surface area (Å²) in [4.78, 5) is 13.5. The summed E-state index contributed by atoms with van der Waals surface area (Å²) in [6.07, 6.45) is 5.93. The Bertz CT molecular complexity index is 620. The van der Waals surface area contributed by atoms with Crippen LogP contribution in [-0.2, 0) is 11.2 Å². The van der Waals surface area contributed by atoms with E-state index in [4.69, 9.17) is 5.53 Å². The largest absolute Gasteiger partial charge is 0.288 e. The van der Waals surface area contributed by atoms with Crippen LogP contribution in [0, 0.1) is 13.8 Å². The summed E-state index contributed by atoms with van der Waals surface area (Å²) in [6, 6.07) is 4.21. The third-order valence-corrected chi connectivity index (χ3v) is 3.10. The SMILES string of the molecule is Cc1ccc(C)c2c1C=C(/C=C\C(=O)N=[N+]=[N-])C2. The highest BCUT2D eigenvalue weighted by atomic mass is 16.1. The van der Waals surface area contributed by atoms with E-state index in [2.05, 4.69) is 42.1 Å². The molecule has 4 heteroatoms. The molecule has 0 saturated carbocycles. The van der Waals surface area contributed by atoms with Crippen molar-refractivity contribution in [1.82, 2.24) is 0 Å². The number of hydrogen-bond donors (Lipinski definition) is 0. The monoisotopic (exact) mass is 239 g/mol. The fourth-order valence-corrected chi connectivity index (χ4v) is 2.13. The van der Waals surface area contributed by atoms with Gasteiger partial charge in [0.2, 0.25) is 5.91 Å². The molecule has 1 aliphatic carbocycles. The molecule has 0 fully saturated rings. The van der Waals surface area contributed by atoms with Gasteiger partial charge in [-0.3, -0.25) is 4.79 Å². The van der Waals surface area contributed by atoms with Gasteiger partial charge in [-0.05, 0) is 64.8 Å². The van der Waals surface area contributed by atoms with Crippen LogP contribution < -0.4 is 0 Å². The maximum Gasteiger partial charge on any atom is 0.241 e. The average Bonchev–Trinajstić information content (AvgIpc) is 2.77.